The van der Waals surface area contributed by atoms with Crippen LogP contribution in [-0.2, 0) is 0 Å². The molecule has 10 aliphatic rings. The first-order chi connectivity index (χ1) is 54.8. The molecule has 4 aliphatic carbocycles. The Morgan fingerprint density at radius 1 is 0.259 bits per heavy atom. The summed E-state index contributed by atoms with van der Waals surface area (Å²) in [6.07, 6.45) is 12.6. The second kappa shape index (κ2) is 21.4. The molecule has 6 aliphatic heterocycles. The fourth-order valence-corrected chi connectivity index (χ4v) is 19.5. The topological polar surface area (TPSA) is 256 Å². The van der Waals surface area contributed by atoms with E-state index in [1.165, 1.54) is 24.3 Å². The molecule has 9 heterocycles. The zero-order valence-corrected chi connectivity index (χ0v) is 58.5. The molecule has 10 N–H and O–H groups in total. The van der Waals surface area contributed by atoms with Crippen LogP contribution in [-0.4, -0.2) is 60.8 Å². The van der Waals surface area contributed by atoms with Crippen molar-refractivity contribution in [1.82, 2.24) is 19.9 Å². The molecule has 0 radical (unpaired) electrons. The van der Waals surface area contributed by atoms with Gasteiger partial charge in [0, 0.05) is 111 Å². The molecule has 0 spiro atoms. The molecule has 25 rings (SSSR count). The molecule has 15 aromatic rings. The van der Waals surface area contributed by atoms with Crippen molar-refractivity contribution in [2.75, 3.05) is 0 Å². The van der Waals surface area contributed by atoms with Gasteiger partial charge in [0.1, 0.15) is 23.0 Å². The number of phenols is 8. The highest BCUT2D eigenvalue weighted by molar-refractivity contribution is 6.15. The smallest absolute Gasteiger partial charge is 0.169 e. The van der Waals surface area contributed by atoms with E-state index in [4.69, 9.17) is 28.9 Å². The normalized spacial score (nSPS) is 17.3. The fraction of sp³-hybridized carbons (Fsp3) is 0.0417. The van der Waals surface area contributed by atoms with Crippen LogP contribution in [0.2, 0.25) is 0 Å². The summed E-state index contributed by atoms with van der Waals surface area (Å²) in [5.41, 5.74) is 15.8. The maximum atomic E-state index is 13.0. The predicted molar refractivity (Wildman–Crippen MR) is 435 cm³/mol. The Kier molecular flexibility index (Phi) is 11.6. The van der Waals surface area contributed by atoms with Gasteiger partial charge in [0.05, 0.1) is 45.0 Å². The van der Waals surface area contributed by atoms with Gasteiger partial charge in [0.2, 0.25) is 0 Å². The predicted octanol–water partition coefficient (Wildman–Crippen LogP) is 21.5. The third-order valence-corrected chi connectivity index (χ3v) is 24.2. The lowest BCUT2D eigenvalue weighted by Gasteiger charge is -2.21. The van der Waals surface area contributed by atoms with Crippen molar-refractivity contribution in [3.05, 3.63) is 284 Å². The number of nitrogens with one attached hydrogen (secondary N) is 2. The third kappa shape index (κ3) is 7.91. The third-order valence-electron chi connectivity index (χ3n) is 24.2. The summed E-state index contributed by atoms with van der Waals surface area (Å²) < 4.78 is 29.1. The van der Waals surface area contributed by atoms with Gasteiger partial charge in [-0.1, -0.05) is 146 Å². The van der Waals surface area contributed by atoms with Crippen LogP contribution >= 0.6 is 0 Å². The van der Waals surface area contributed by atoms with Gasteiger partial charge in [-0.2, -0.15) is 0 Å². The molecular weight excluding hydrogens is 1400 g/mol. The van der Waals surface area contributed by atoms with E-state index in [9.17, 15) is 40.9 Å². The van der Waals surface area contributed by atoms with E-state index < -0.39 is 70.4 Å². The number of nitrogens with zero attached hydrogens (tertiary/aromatic N) is 2. The first kappa shape index (κ1) is 60.9. The van der Waals surface area contributed by atoms with E-state index in [1.807, 2.05) is 97.1 Å². The summed E-state index contributed by atoms with van der Waals surface area (Å²) in [5.74, 6) is -2.93. The highest BCUT2D eigenvalue weighted by Gasteiger charge is 2.45. The Balaban J connectivity index is 0.812. The average molecular weight is 1460 g/mol. The van der Waals surface area contributed by atoms with Crippen LogP contribution in [0.3, 0.4) is 0 Å². The Labute approximate surface area is 633 Å². The molecule has 0 fully saturated rings. The monoisotopic (exact) mass is 1450 g/mol. The lowest BCUT2D eigenvalue weighted by molar-refractivity contribution is 0.284. The van der Waals surface area contributed by atoms with E-state index in [-0.39, 0.29) is 90.3 Å². The van der Waals surface area contributed by atoms with Gasteiger partial charge in [0.15, 0.2) is 70.4 Å². The molecule has 0 saturated heterocycles. The number of benzene rings is 12. The van der Waals surface area contributed by atoms with Gasteiger partial charge >= 0.3 is 0 Å². The van der Waals surface area contributed by atoms with E-state index in [0.717, 1.165) is 110 Å². The Morgan fingerprint density at radius 2 is 0.482 bits per heavy atom. The molecule has 112 heavy (non-hydrogen) atoms. The molecule has 4 atom stereocenters. The van der Waals surface area contributed by atoms with Crippen molar-refractivity contribution in [3.63, 3.8) is 0 Å². The molecule has 530 valence electrons. The number of hydrogen-bond donors (Lipinski definition) is 10. The summed E-state index contributed by atoms with van der Waals surface area (Å²) >= 11 is 0. The highest BCUT2D eigenvalue weighted by Crippen LogP contribution is 2.65. The standard InChI is InChI=1S/C96H54N4O12/c101-69-37-57-53-33-45-17-1-9-41-13-5-21-49(73(41)45)89(53)109-93(57)81(85(69)105)77-61-25-27-63(97-61)78(82-86(106)70(102)38-58-54-34-46-18-2-10-42-14-6-22-50(74(42)46)90(54)110-94(58)82)65-29-31-67(99-65)80(84-88(108)72(104)40-60-56-36-48-20-4-12-44-16-8-24-52(76(44)48)92(56)112-96(60)84)68-32-30-66(100-68)79(64-28-26-62(77)98-64)83-87(107)71(103)39-59-55-35-47-19-3-11-43-15-7-23-51(75(43)47)91(55)111-95(59)83/h1-40,89-92,97,100-108H. The second-order valence-corrected chi connectivity index (χ2v) is 30.0. The van der Waals surface area contributed by atoms with Gasteiger partial charge in [-0.3, -0.25) is 0 Å². The number of H-pyrrole nitrogens is 2. The molecule has 16 heteroatoms. The summed E-state index contributed by atoms with van der Waals surface area (Å²) in [7, 11) is 0. The molecule has 4 unspecified atom stereocenters. The zero-order valence-electron chi connectivity index (χ0n) is 58.5. The molecule has 8 bridgehead atoms. The fourth-order valence-electron chi connectivity index (χ4n) is 19.5. The summed E-state index contributed by atoms with van der Waals surface area (Å²) in [4.78, 5) is 18.7. The lowest BCUT2D eigenvalue weighted by Crippen LogP contribution is -2.07. The number of ether oxygens (including phenoxy) is 4. The van der Waals surface area contributed by atoms with Crippen LogP contribution in [0, 0.1) is 0 Å². The largest absolute Gasteiger partial charge is 0.504 e. The van der Waals surface area contributed by atoms with Crippen molar-refractivity contribution < 1.29 is 59.8 Å². The van der Waals surface area contributed by atoms with E-state index in [0.29, 0.717) is 44.3 Å². The number of aromatic amines is 2. The van der Waals surface area contributed by atoms with Crippen molar-refractivity contribution in [2.24, 2.45) is 0 Å². The molecule has 16 nitrogen and oxygen atoms in total. The van der Waals surface area contributed by atoms with Gasteiger partial charge < -0.3 is 69.8 Å². The Bertz CT molecular complexity index is 6640. The van der Waals surface area contributed by atoms with Gasteiger partial charge in [-0.25, -0.2) is 9.97 Å². The van der Waals surface area contributed by atoms with Crippen LogP contribution in [0.25, 0.3) is 181 Å². The van der Waals surface area contributed by atoms with E-state index >= 15 is 0 Å². The lowest BCUT2D eigenvalue weighted by atomic mass is 9.84. The Morgan fingerprint density at radius 3 is 0.714 bits per heavy atom. The minimum Gasteiger partial charge on any atom is -0.504 e. The maximum absolute atomic E-state index is 13.0. The first-order valence-corrected chi connectivity index (χ1v) is 37.0. The summed E-state index contributed by atoms with van der Waals surface area (Å²) in [5, 5.41) is 110. The van der Waals surface area contributed by atoms with E-state index in [1.54, 1.807) is 48.6 Å². The van der Waals surface area contributed by atoms with Crippen LogP contribution in [0.4, 0.5) is 0 Å². The van der Waals surface area contributed by atoms with Crippen molar-refractivity contribution in [2.45, 2.75) is 24.4 Å². The second-order valence-electron chi connectivity index (χ2n) is 30.0. The molecule has 0 amide bonds. The molecular formula is C96H54N4O12. The van der Waals surface area contributed by atoms with Gasteiger partial charge in [-0.15, -0.1) is 0 Å². The van der Waals surface area contributed by atoms with Crippen molar-refractivity contribution in [1.29, 1.82) is 0 Å². The number of phenolic OH excluding ortho intramolecular Hbond substituents is 8. The van der Waals surface area contributed by atoms with Gasteiger partial charge in [-0.05, 0) is 162 Å². The van der Waals surface area contributed by atoms with Crippen LogP contribution in [0.5, 0.6) is 69.0 Å². The van der Waals surface area contributed by atoms with Crippen LogP contribution in [0.1, 0.15) is 114 Å². The molecule has 12 aromatic carbocycles. The maximum Gasteiger partial charge on any atom is 0.169 e. The molecule has 3 aromatic heterocycles. The van der Waals surface area contributed by atoms with Crippen LogP contribution in [0.15, 0.2) is 194 Å². The zero-order chi connectivity index (χ0) is 74.3. The Hall–Kier alpha value is -15.2. The number of aromatic hydroxyl groups is 8. The number of fused-ring (bicyclic) bond motifs is 24. The minimum atomic E-state index is -0.685. The summed E-state index contributed by atoms with van der Waals surface area (Å²) in [6, 6.07) is 62.0. The number of aromatic nitrogens is 4. The minimum absolute atomic E-state index is 0.0686. The van der Waals surface area contributed by atoms with Crippen molar-refractivity contribution >= 4 is 136 Å². The van der Waals surface area contributed by atoms with E-state index in [2.05, 4.69) is 82.8 Å². The highest BCUT2D eigenvalue weighted by atomic mass is 16.5. The molecule has 0 saturated carbocycles. The number of rotatable bonds is 4. The number of hydrogen-bond acceptors (Lipinski definition) is 14. The van der Waals surface area contributed by atoms with Crippen LogP contribution < -0.4 is 18.9 Å². The van der Waals surface area contributed by atoms with Crippen molar-refractivity contribution in [3.8, 4) is 114 Å². The van der Waals surface area contributed by atoms with Gasteiger partial charge in [0.25, 0.3) is 0 Å². The quantitative estimate of drug-likeness (QED) is 0.0736. The first-order valence-electron chi connectivity index (χ1n) is 37.0. The SMILES string of the molecule is Oc1cc2c(c(-c3c4nc(c(-c5c(O)c(O)cc6c5OC5C6=Cc6cccc7cccc5c67)c5ccc([nH]5)c(-c5c(O)c(O)cc6c5OC5C6=Cc6cccc7cccc5c67)c5nc(c(-c6c(O)c(O)cc7c6OC6C7=Cc7cccc8cccc6c78)c6ccc3[nH]6)C=C5)C=C4)c1O)OC1C2=Cc2cccc3cccc1c23. The average Bonchev–Trinajstić information content (AvgIpc) is 1.57. The summed E-state index contributed by atoms with van der Waals surface area (Å²) in [6.45, 7) is 0.